The molecule has 2 aromatic carbocycles. The molecule has 0 spiro atoms. The summed E-state index contributed by atoms with van der Waals surface area (Å²) in [5, 5.41) is 14.2. The number of aromatic nitrogens is 1. The van der Waals surface area contributed by atoms with Gasteiger partial charge in [-0.2, -0.15) is 4.98 Å². The van der Waals surface area contributed by atoms with Crippen molar-refractivity contribution in [3.63, 3.8) is 0 Å². The molecule has 2 N–H and O–H groups in total. The van der Waals surface area contributed by atoms with E-state index in [0.29, 0.717) is 33.9 Å². The van der Waals surface area contributed by atoms with Crippen molar-refractivity contribution in [2.45, 2.75) is 51.6 Å². The van der Waals surface area contributed by atoms with Crippen molar-refractivity contribution in [2.75, 3.05) is 36.4 Å². The average molecular weight is 558 g/mol. The molecular weight excluding hydrogens is 523 g/mol. The van der Waals surface area contributed by atoms with Gasteiger partial charge in [-0.1, -0.05) is 35.3 Å². The molecule has 0 unspecified atom stereocenters. The number of benzene rings is 2. The number of carboxylic acids is 1. The molecule has 3 heterocycles. The summed E-state index contributed by atoms with van der Waals surface area (Å²) in [6, 6.07) is 12.6. The van der Waals surface area contributed by atoms with Gasteiger partial charge in [0.2, 0.25) is 0 Å². The van der Waals surface area contributed by atoms with Gasteiger partial charge in [0, 0.05) is 35.7 Å². The summed E-state index contributed by atoms with van der Waals surface area (Å²) in [4.78, 5) is 21.1. The number of para-hydroxylation sites is 1. The van der Waals surface area contributed by atoms with E-state index in [0.717, 1.165) is 61.4 Å². The molecule has 1 saturated carbocycles. The summed E-state index contributed by atoms with van der Waals surface area (Å²) in [6.07, 6.45) is 3.97. The summed E-state index contributed by atoms with van der Waals surface area (Å²) in [5.74, 6) is 0.601. The van der Waals surface area contributed by atoms with Crippen LogP contribution in [0.1, 0.15) is 51.1 Å². The normalized spacial score (nSPS) is 27.1. The highest BCUT2D eigenvalue weighted by atomic mass is 35.5. The van der Waals surface area contributed by atoms with Crippen molar-refractivity contribution in [3.8, 4) is 0 Å². The predicted molar refractivity (Wildman–Crippen MR) is 151 cm³/mol. The maximum absolute atomic E-state index is 11.5. The van der Waals surface area contributed by atoms with Gasteiger partial charge in [-0.25, -0.2) is 0 Å². The molecule has 1 aromatic heterocycles. The zero-order valence-corrected chi connectivity index (χ0v) is 23.3. The Kier molecular flexibility index (Phi) is 6.73. The number of hydrogen-bond donors (Lipinski definition) is 2. The second-order valence-corrected chi connectivity index (χ2v) is 12.5. The summed E-state index contributed by atoms with van der Waals surface area (Å²) in [5.41, 5.74) is 2.89. The Balaban J connectivity index is 1.08. The van der Waals surface area contributed by atoms with Crippen LogP contribution in [0.25, 0.3) is 11.1 Å². The lowest BCUT2D eigenvalue weighted by Crippen LogP contribution is -2.58. The van der Waals surface area contributed by atoms with Crippen LogP contribution < -0.4 is 10.2 Å². The second kappa shape index (κ2) is 9.92. The Morgan fingerprint density at radius 1 is 1.18 bits per heavy atom. The minimum absolute atomic E-state index is 0.0365. The van der Waals surface area contributed by atoms with Crippen molar-refractivity contribution in [2.24, 2.45) is 17.3 Å². The number of oxazole rings is 1. The maximum Gasteiger partial charge on any atom is 0.309 e. The number of rotatable bonds is 7. The number of carboxylic acid groups (broad SMARTS) is 1. The van der Waals surface area contributed by atoms with Crippen LogP contribution >= 0.6 is 23.2 Å². The molecule has 0 amide bonds. The fraction of sp³-hybridized carbons (Fsp3) is 0.517. The molecule has 3 aromatic rings. The molecule has 202 valence electrons. The van der Waals surface area contributed by atoms with E-state index in [2.05, 4.69) is 22.0 Å². The zero-order valence-electron chi connectivity index (χ0n) is 21.8. The highest BCUT2D eigenvalue weighted by Crippen LogP contribution is 2.45. The molecule has 2 atom stereocenters. The molecule has 6 rings (SSSR count). The Hall–Kier alpha value is -2.48. The lowest BCUT2D eigenvalue weighted by molar-refractivity contribution is -0.158. The molecule has 3 aliphatic rings. The lowest BCUT2D eigenvalue weighted by Gasteiger charge is -2.52. The Labute approximate surface area is 233 Å². The Morgan fingerprint density at radius 2 is 1.97 bits per heavy atom. The smallest absolute Gasteiger partial charge is 0.309 e. The molecule has 3 fully saturated rings. The minimum Gasteiger partial charge on any atom is -0.481 e. The third kappa shape index (κ3) is 4.74. The highest BCUT2D eigenvalue weighted by Gasteiger charge is 2.49. The lowest BCUT2D eigenvalue weighted by atomic mass is 9.65. The standard InChI is InChI=1S/C29H34Cl2N4O3/c1-17(22-9-8-20(30)11-23(22)31)32-24-6-3-7-25-26(24)38-28(33-25)35-15-19(16-35)18-5-4-10-34(14-18)21-12-29(2,13-21)27(36)37/h3,6-9,11,17-19,21,32H,4-5,10,12-16H2,1-2H3,(H,36,37)/t17-,18+,21?,29?/m1/s1. The van der Waals surface area contributed by atoms with Gasteiger partial charge >= 0.3 is 5.97 Å². The SMILES string of the molecule is C[C@@H](Nc1cccc2nc(N3CC([C@H]4CCCN(C5CC(C)(C(=O)O)C5)C4)C3)oc12)c1ccc(Cl)cc1Cl. The third-order valence-electron chi connectivity index (χ3n) is 8.95. The monoisotopic (exact) mass is 556 g/mol. The molecule has 9 heteroatoms. The Bertz CT molecular complexity index is 1350. The molecule has 38 heavy (non-hydrogen) atoms. The molecule has 7 nitrogen and oxygen atoms in total. The van der Waals surface area contributed by atoms with Gasteiger partial charge in [-0.05, 0) is 87.7 Å². The third-order valence-corrected chi connectivity index (χ3v) is 9.51. The van der Waals surface area contributed by atoms with Crippen molar-refractivity contribution in [3.05, 3.63) is 52.0 Å². The van der Waals surface area contributed by atoms with Crippen LogP contribution in [0.2, 0.25) is 10.0 Å². The fourth-order valence-electron chi connectivity index (χ4n) is 6.49. The van der Waals surface area contributed by atoms with Crippen LogP contribution in [0.5, 0.6) is 0 Å². The number of carbonyl (C=O) groups is 1. The first kappa shape index (κ1) is 25.8. The van der Waals surface area contributed by atoms with Gasteiger partial charge in [-0.15, -0.1) is 0 Å². The largest absolute Gasteiger partial charge is 0.481 e. The van der Waals surface area contributed by atoms with Crippen LogP contribution in [0, 0.1) is 17.3 Å². The Morgan fingerprint density at radius 3 is 2.71 bits per heavy atom. The molecule has 0 bridgehead atoms. The van der Waals surface area contributed by atoms with Crippen LogP contribution in [-0.2, 0) is 4.79 Å². The first-order chi connectivity index (χ1) is 18.2. The quantitative estimate of drug-likeness (QED) is 0.334. The summed E-state index contributed by atoms with van der Waals surface area (Å²) >= 11 is 12.5. The van der Waals surface area contributed by atoms with Gasteiger partial charge in [0.05, 0.1) is 17.1 Å². The van der Waals surface area contributed by atoms with Gasteiger partial charge < -0.3 is 24.6 Å². The fourth-order valence-corrected chi connectivity index (χ4v) is 7.06. The van der Waals surface area contributed by atoms with Crippen molar-refractivity contribution < 1.29 is 14.3 Å². The number of anilines is 2. The van der Waals surface area contributed by atoms with Crippen LogP contribution in [0.15, 0.2) is 40.8 Å². The van der Waals surface area contributed by atoms with E-state index >= 15 is 0 Å². The number of nitrogens with zero attached hydrogens (tertiary/aromatic N) is 3. The topological polar surface area (TPSA) is 81.8 Å². The van der Waals surface area contributed by atoms with E-state index in [-0.39, 0.29) is 6.04 Å². The molecule has 2 saturated heterocycles. The van der Waals surface area contributed by atoms with Crippen LogP contribution in [0.3, 0.4) is 0 Å². The van der Waals surface area contributed by atoms with E-state index in [1.807, 2.05) is 37.3 Å². The molecular formula is C29H34Cl2N4O3. The maximum atomic E-state index is 11.5. The van der Waals surface area contributed by atoms with Crippen molar-refractivity contribution >= 4 is 52.0 Å². The van der Waals surface area contributed by atoms with Gasteiger partial charge in [0.1, 0.15) is 5.52 Å². The number of nitrogens with one attached hydrogen (secondary N) is 1. The molecule has 1 aliphatic carbocycles. The summed E-state index contributed by atoms with van der Waals surface area (Å²) in [6.45, 7) is 8.00. The predicted octanol–water partition coefficient (Wildman–Crippen LogP) is 6.71. The summed E-state index contributed by atoms with van der Waals surface area (Å²) in [7, 11) is 0. The average Bonchev–Trinajstić information content (AvgIpc) is 3.26. The van der Waals surface area contributed by atoms with Gasteiger partial charge in [-0.3, -0.25) is 4.79 Å². The number of halogens is 2. The van der Waals surface area contributed by atoms with Gasteiger partial charge in [0.25, 0.3) is 6.01 Å². The highest BCUT2D eigenvalue weighted by molar-refractivity contribution is 6.35. The van der Waals surface area contributed by atoms with Crippen molar-refractivity contribution in [1.29, 1.82) is 0 Å². The summed E-state index contributed by atoms with van der Waals surface area (Å²) < 4.78 is 6.29. The first-order valence-electron chi connectivity index (χ1n) is 13.5. The number of hydrogen-bond acceptors (Lipinski definition) is 6. The minimum atomic E-state index is -0.656. The number of likely N-dealkylation sites (tertiary alicyclic amines) is 1. The first-order valence-corrected chi connectivity index (χ1v) is 14.3. The molecule has 2 aliphatic heterocycles. The molecule has 0 radical (unpaired) electrons. The van der Waals surface area contributed by atoms with E-state index < -0.39 is 11.4 Å². The van der Waals surface area contributed by atoms with E-state index in [1.165, 1.54) is 12.8 Å². The van der Waals surface area contributed by atoms with Crippen LogP contribution in [0.4, 0.5) is 11.7 Å². The van der Waals surface area contributed by atoms with E-state index in [9.17, 15) is 9.90 Å². The van der Waals surface area contributed by atoms with Crippen molar-refractivity contribution in [1.82, 2.24) is 9.88 Å². The van der Waals surface area contributed by atoms with E-state index in [1.54, 1.807) is 6.07 Å². The van der Waals surface area contributed by atoms with Gasteiger partial charge in [0.15, 0.2) is 5.58 Å². The second-order valence-electron chi connectivity index (χ2n) is 11.7. The van der Waals surface area contributed by atoms with Crippen LogP contribution in [-0.4, -0.2) is 53.2 Å². The number of piperidine rings is 1. The van der Waals surface area contributed by atoms with E-state index in [4.69, 9.17) is 32.6 Å². The number of aliphatic carboxylic acids is 1. The zero-order chi connectivity index (χ0) is 26.6. The number of fused-ring (bicyclic) bond motifs is 1.